The first kappa shape index (κ1) is 15.5. The van der Waals surface area contributed by atoms with Crippen LogP contribution in [-0.2, 0) is 0 Å². The molecular formula is C18H22FNO. The molecule has 0 saturated carbocycles. The van der Waals surface area contributed by atoms with Gasteiger partial charge in [0.25, 0.3) is 0 Å². The van der Waals surface area contributed by atoms with E-state index in [1.165, 1.54) is 6.07 Å². The van der Waals surface area contributed by atoms with Gasteiger partial charge in [-0.05, 0) is 57.1 Å². The Morgan fingerprint density at radius 1 is 1.05 bits per heavy atom. The average molecular weight is 287 g/mol. The number of para-hydroxylation sites is 1. The van der Waals surface area contributed by atoms with Crippen LogP contribution in [-0.4, -0.2) is 13.2 Å². The van der Waals surface area contributed by atoms with E-state index in [2.05, 4.69) is 5.32 Å². The number of aryl methyl sites for hydroxylation is 1. The minimum absolute atomic E-state index is 0.0947. The molecule has 0 heterocycles. The Balaban J connectivity index is 2.49. The van der Waals surface area contributed by atoms with E-state index in [0.717, 1.165) is 22.4 Å². The predicted octanol–water partition coefficient (Wildman–Crippen LogP) is 4.23. The summed E-state index contributed by atoms with van der Waals surface area (Å²) < 4.78 is 19.5. The Morgan fingerprint density at radius 3 is 2.43 bits per heavy atom. The molecule has 0 aliphatic heterocycles. The summed E-state index contributed by atoms with van der Waals surface area (Å²) in [6.07, 6.45) is 0.0947. The molecule has 2 nitrogen and oxygen atoms in total. The standard InChI is InChI=1S/C18H22FNO/c1-12(2)21-17-8-6-5-7-15(17)18(20-4)16-11-14(19)10-9-13(16)3/h5-12,18,20H,1-4H3. The van der Waals surface area contributed by atoms with E-state index in [9.17, 15) is 4.39 Å². The minimum Gasteiger partial charge on any atom is -0.491 e. The average Bonchev–Trinajstić information content (AvgIpc) is 2.44. The molecule has 2 aromatic carbocycles. The zero-order chi connectivity index (χ0) is 15.4. The van der Waals surface area contributed by atoms with Gasteiger partial charge in [0.15, 0.2) is 0 Å². The molecule has 2 rings (SSSR count). The van der Waals surface area contributed by atoms with Gasteiger partial charge in [-0.3, -0.25) is 0 Å². The molecule has 0 aliphatic carbocycles. The van der Waals surface area contributed by atoms with Crippen molar-refractivity contribution in [1.29, 1.82) is 0 Å². The van der Waals surface area contributed by atoms with E-state index < -0.39 is 0 Å². The van der Waals surface area contributed by atoms with Gasteiger partial charge in [0.2, 0.25) is 0 Å². The number of ether oxygens (including phenoxy) is 1. The summed E-state index contributed by atoms with van der Waals surface area (Å²) in [5.41, 5.74) is 3.00. The van der Waals surface area contributed by atoms with Crippen LogP contribution in [0.4, 0.5) is 4.39 Å². The third-order valence-electron chi connectivity index (χ3n) is 3.43. The number of nitrogens with one attached hydrogen (secondary N) is 1. The van der Waals surface area contributed by atoms with Gasteiger partial charge in [-0.15, -0.1) is 0 Å². The summed E-state index contributed by atoms with van der Waals surface area (Å²) in [7, 11) is 1.88. The van der Waals surface area contributed by atoms with Crippen molar-refractivity contribution in [2.24, 2.45) is 0 Å². The summed E-state index contributed by atoms with van der Waals surface area (Å²) in [5.74, 6) is 0.605. The van der Waals surface area contributed by atoms with E-state index in [4.69, 9.17) is 4.74 Å². The third-order valence-corrected chi connectivity index (χ3v) is 3.43. The number of hydrogen-bond acceptors (Lipinski definition) is 2. The summed E-state index contributed by atoms with van der Waals surface area (Å²) in [6, 6.07) is 12.7. The van der Waals surface area contributed by atoms with Crippen LogP contribution in [0.5, 0.6) is 5.75 Å². The SMILES string of the molecule is CNC(c1cc(F)ccc1C)c1ccccc1OC(C)C. The van der Waals surface area contributed by atoms with Crippen molar-refractivity contribution < 1.29 is 9.13 Å². The van der Waals surface area contributed by atoms with Crippen molar-refractivity contribution in [2.45, 2.75) is 32.9 Å². The predicted molar refractivity (Wildman–Crippen MR) is 84.2 cm³/mol. The van der Waals surface area contributed by atoms with Crippen LogP contribution in [0.25, 0.3) is 0 Å². The highest BCUT2D eigenvalue weighted by Crippen LogP contribution is 2.32. The Kier molecular flexibility index (Phi) is 4.97. The molecule has 0 fully saturated rings. The van der Waals surface area contributed by atoms with Gasteiger partial charge in [0.05, 0.1) is 12.1 Å². The Morgan fingerprint density at radius 2 is 1.76 bits per heavy atom. The quantitative estimate of drug-likeness (QED) is 0.888. The topological polar surface area (TPSA) is 21.3 Å². The molecule has 1 atom stereocenters. The third kappa shape index (κ3) is 3.61. The van der Waals surface area contributed by atoms with Crippen molar-refractivity contribution in [3.8, 4) is 5.75 Å². The lowest BCUT2D eigenvalue weighted by Gasteiger charge is -2.23. The van der Waals surface area contributed by atoms with Crippen LogP contribution < -0.4 is 10.1 Å². The maximum atomic E-state index is 13.6. The van der Waals surface area contributed by atoms with E-state index >= 15 is 0 Å². The van der Waals surface area contributed by atoms with Gasteiger partial charge in [-0.2, -0.15) is 0 Å². The molecular weight excluding hydrogens is 265 g/mol. The lowest BCUT2D eigenvalue weighted by molar-refractivity contribution is 0.238. The molecule has 0 bridgehead atoms. The zero-order valence-electron chi connectivity index (χ0n) is 13.0. The molecule has 1 N–H and O–H groups in total. The number of halogens is 1. The highest BCUT2D eigenvalue weighted by molar-refractivity contribution is 5.44. The van der Waals surface area contributed by atoms with Crippen molar-refractivity contribution in [1.82, 2.24) is 5.32 Å². The molecule has 0 saturated heterocycles. The van der Waals surface area contributed by atoms with Gasteiger partial charge in [-0.25, -0.2) is 4.39 Å². The molecule has 0 spiro atoms. The maximum Gasteiger partial charge on any atom is 0.124 e. The summed E-state index contributed by atoms with van der Waals surface area (Å²) in [6.45, 7) is 5.99. The van der Waals surface area contributed by atoms with Crippen LogP contribution in [0.15, 0.2) is 42.5 Å². The lowest BCUT2D eigenvalue weighted by atomic mass is 9.94. The molecule has 112 valence electrons. The summed E-state index contributed by atoms with van der Waals surface area (Å²) in [5, 5.41) is 3.27. The zero-order valence-corrected chi connectivity index (χ0v) is 13.0. The van der Waals surface area contributed by atoms with Crippen molar-refractivity contribution >= 4 is 0 Å². The van der Waals surface area contributed by atoms with Gasteiger partial charge in [0.1, 0.15) is 11.6 Å². The number of hydrogen-bond donors (Lipinski definition) is 1. The Labute approximate surface area is 126 Å². The fraction of sp³-hybridized carbons (Fsp3) is 0.333. The highest BCUT2D eigenvalue weighted by atomic mass is 19.1. The Hall–Kier alpha value is -1.87. The maximum absolute atomic E-state index is 13.6. The first-order chi connectivity index (χ1) is 10.0. The van der Waals surface area contributed by atoms with Gasteiger partial charge < -0.3 is 10.1 Å². The number of rotatable bonds is 5. The van der Waals surface area contributed by atoms with Crippen LogP contribution >= 0.6 is 0 Å². The van der Waals surface area contributed by atoms with Gasteiger partial charge in [0, 0.05) is 5.56 Å². The fourth-order valence-corrected chi connectivity index (χ4v) is 2.48. The fourth-order valence-electron chi connectivity index (χ4n) is 2.48. The van der Waals surface area contributed by atoms with Crippen LogP contribution in [0.3, 0.4) is 0 Å². The van der Waals surface area contributed by atoms with E-state index in [1.807, 2.05) is 52.1 Å². The summed E-state index contributed by atoms with van der Waals surface area (Å²) in [4.78, 5) is 0. The first-order valence-electron chi connectivity index (χ1n) is 7.21. The lowest BCUT2D eigenvalue weighted by Crippen LogP contribution is -2.20. The van der Waals surface area contributed by atoms with Crippen LogP contribution in [0, 0.1) is 12.7 Å². The number of benzene rings is 2. The van der Waals surface area contributed by atoms with Crippen LogP contribution in [0.2, 0.25) is 0 Å². The smallest absolute Gasteiger partial charge is 0.124 e. The molecule has 3 heteroatoms. The molecule has 21 heavy (non-hydrogen) atoms. The normalized spacial score (nSPS) is 12.5. The van der Waals surface area contributed by atoms with E-state index in [1.54, 1.807) is 12.1 Å². The minimum atomic E-state index is -0.224. The molecule has 0 aromatic heterocycles. The first-order valence-corrected chi connectivity index (χ1v) is 7.21. The van der Waals surface area contributed by atoms with Crippen molar-refractivity contribution in [3.63, 3.8) is 0 Å². The van der Waals surface area contributed by atoms with Gasteiger partial charge in [-0.1, -0.05) is 24.3 Å². The van der Waals surface area contributed by atoms with E-state index in [0.29, 0.717) is 0 Å². The molecule has 2 aromatic rings. The van der Waals surface area contributed by atoms with Crippen molar-refractivity contribution in [3.05, 3.63) is 65.0 Å². The monoisotopic (exact) mass is 287 g/mol. The van der Waals surface area contributed by atoms with E-state index in [-0.39, 0.29) is 18.0 Å². The summed E-state index contributed by atoms with van der Waals surface area (Å²) >= 11 is 0. The molecule has 0 aliphatic rings. The highest BCUT2D eigenvalue weighted by Gasteiger charge is 2.19. The molecule has 1 unspecified atom stereocenters. The van der Waals surface area contributed by atoms with Crippen molar-refractivity contribution in [2.75, 3.05) is 7.05 Å². The molecule has 0 amide bonds. The van der Waals surface area contributed by atoms with Crippen LogP contribution in [0.1, 0.15) is 36.6 Å². The second kappa shape index (κ2) is 6.72. The molecule has 0 radical (unpaired) electrons. The second-order valence-corrected chi connectivity index (χ2v) is 5.43. The second-order valence-electron chi connectivity index (χ2n) is 5.43. The largest absolute Gasteiger partial charge is 0.491 e. The van der Waals surface area contributed by atoms with Gasteiger partial charge >= 0.3 is 0 Å². The Bertz CT molecular complexity index is 610.